The van der Waals surface area contributed by atoms with Gasteiger partial charge in [-0.05, 0) is 49.9 Å². The number of hydrazine groups is 1. The van der Waals surface area contributed by atoms with E-state index in [4.69, 9.17) is 10.6 Å². The van der Waals surface area contributed by atoms with Crippen molar-refractivity contribution in [3.8, 4) is 0 Å². The standard InChI is InChI=1S/C14H28N2O/c1-10-6-7-12(9-11(10)2)14(16-15)13-5-3-4-8-17-13/h10-14,16H,3-9,15H2,1-2H3. The van der Waals surface area contributed by atoms with E-state index in [1.165, 1.54) is 38.5 Å². The number of rotatable bonds is 3. The van der Waals surface area contributed by atoms with Gasteiger partial charge in [-0.25, -0.2) is 0 Å². The summed E-state index contributed by atoms with van der Waals surface area (Å²) in [4.78, 5) is 0. The smallest absolute Gasteiger partial charge is 0.0744 e. The lowest BCUT2D eigenvalue weighted by molar-refractivity contribution is -0.0300. The van der Waals surface area contributed by atoms with Gasteiger partial charge < -0.3 is 4.74 Å². The molecule has 0 aromatic rings. The summed E-state index contributed by atoms with van der Waals surface area (Å²) in [6.07, 6.45) is 7.98. The van der Waals surface area contributed by atoms with E-state index in [9.17, 15) is 0 Å². The summed E-state index contributed by atoms with van der Waals surface area (Å²) in [5.41, 5.74) is 3.05. The van der Waals surface area contributed by atoms with Crippen LogP contribution in [0.4, 0.5) is 0 Å². The Morgan fingerprint density at radius 2 is 1.94 bits per heavy atom. The van der Waals surface area contributed by atoms with Gasteiger partial charge in [-0.15, -0.1) is 0 Å². The van der Waals surface area contributed by atoms with Gasteiger partial charge >= 0.3 is 0 Å². The van der Waals surface area contributed by atoms with E-state index >= 15 is 0 Å². The molecule has 5 atom stereocenters. The second kappa shape index (κ2) is 6.17. The van der Waals surface area contributed by atoms with Gasteiger partial charge in [-0.1, -0.05) is 20.3 Å². The first-order chi connectivity index (χ1) is 8.22. The second-order valence-electron chi connectivity index (χ2n) is 6.13. The van der Waals surface area contributed by atoms with E-state index in [1.807, 2.05) is 0 Å². The number of ether oxygens (including phenoxy) is 1. The Morgan fingerprint density at radius 1 is 1.12 bits per heavy atom. The fourth-order valence-electron chi connectivity index (χ4n) is 3.51. The maximum atomic E-state index is 5.90. The van der Waals surface area contributed by atoms with Gasteiger partial charge in [0.1, 0.15) is 0 Å². The Labute approximate surface area is 105 Å². The molecule has 100 valence electrons. The highest BCUT2D eigenvalue weighted by molar-refractivity contribution is 4.88. The summed E-state index contributed by atoms with van der Waals surface area (Å²) in [5.74, 6) is 8.19. The Balaban J connectivity index is 1.93. The quantitative estimate of drug-likeness (QED) is 0.588. The Bertz CT molecular complexity index is 228. The Hall–Kier alpha value is -0.120. The third-order valence-electron chi connectivity index (χ3n) is 4.95. The van der Waals surface area contributed by atoms with Crippen molar-refractivity contribution in [2.75, 3.05) is 6.61 Å². The van der Waals surface area contributed by atoms with Crippen LogP contribution in [0.1, 0.15) is 52.4 Å². The van der Waals surface area contributed by atoms with E-state index in [1.54, 1.807) is 0 Å². The van der Waals surface area contributed by atoms with Gasteiger partial charge in [0, 0.05) is 6.61 Å². The zero-order valence-electron chi connectivity index (χ0n) is 11.3. The fraction of sp³-hybridized carbons (Fsp3) is 1.00. The number of nitrogens with two attached hydrogens (primary N) is 1. The third-order valence-corrected chi connectivity index (χ3v) is 4.95. The van der Waals surface area contributed by atoms with Crippen LogP contribution in [0.5, 0.6) is 0 Å². The first kappa shape index (κ1) is 13.3. The molecule has 0 aromatic heterocycles. The van der Waals surface area contributed by atoms with E-state index in [-0.39, 0.29) is 0 Å². The predicted molar refractivity (Wildman–Crippen MR) is 70.4 cm³/mol. The third kappa shape index (κ3) is 3.21. The monoisotopic (exact) mass is 240 g/mol. The molecule has 1 saturated carbocycles. The lowest BCUT2D eigenvalue weighted by Gasteiger charge is -2.40. The normalized spacial score (nSPS) is 41.1. The lowest BCUT2D eigenvalue weighted by atomic mass is 9.72. The van der Waals surface area contributed by atoms with Crippen LogP contribution in [-0.2, 0) is 4.74 Å². The molecular formula is C14H28N2O. The highest BCUT2D eigenvalue weighted by Gasteiger charge is 2.35. The van der Waals surface area contributed by atoms with Crippen molar-refractivity contribution in [2.45, 2.75) is 64.5 Å². The molecule has 1 saturated heterocycles. The van der Waals surface area contributed by atoms with Gasteiger partial charge in [0.2, 0.25) is 0 Å². The largest absolute Gasteiger partial charge is 0.377 e. The number of hydrogen-bond acceptors (Lipinski definition) is 3. The highest BCUT2D eigenvalue weighted by Crippen LogP contribution is 2.36. The van der Waals surface area contributed by atoms with Gasteiger partial charge in [-0.2, -0.15) is 0 Å². The first-order valence-electron chi connectivity index (χ1n) is 7.30. The van der Waals surface area contributed by atoms with Gasteiger partial charge in [-0.3, -0.25) is 11.3 Å². The minimum atomic E-state index is 0.347. The van der Waals surface area contributed by atoms with Crippen LogP contribution >= 0.6 is 0 Å². The SMILES string of the molecule is CC1CCC(C(NN)C2CCCCO2)CC1C. The van der Waals surface area contributed by atoms with E-state index in [0.29, 0.717) is 18.1 Å². The molecule has 0 radical (unpaired) electrons. The average Bonchev–Trinajstić information content (AvgIpc) is 2.36. The summed E-state index contributed by atoms with van der Waals surface area (Å²) in [6, 6.07) is 0.366. The molecule has 0 bridgehead atoms. The van der Waals surface area contributed by atoms with Crippen molar-refractivity contribution in [1.82, 2.24) is 5.43 Å². The average molecular weight is 240 g/mol. The van der Waals surface area contributed by atoms with E-state index < -0.39 is 0 Å². The molecule has 3 N–H and O–H groups in total. The number of hydrogen-bond donors (Lipinski definition) is 2. The molecule has 17 heavy (non-hydrogen) atoms. The molecule has 1 heterocycles. The molecular weight excluding hydrogens is 212 g/mol. The van der Waals surface area contributed by atoms with Crippen molar-refractivity contribution in [3.05, 3.63) is 0 Å². The minimum Gasteiger partial charge on any atom is -0.377 e. The van der Waals surface area contributed by atoms with Crippen LogP contribution in [0.15, 0.2) is 0 Å². The van der Waals surface area contributed by atoms with Crippen LogP contribution in [0.3, 0.4) is 0 Å². The molecule has 3 nitrogen and oxygen atoms in total. The molecule has 2 rings (SSSR count). The van der Waals surface area contributed by atoms with Crippen molar-refractivity contribution in [1.29, 1.82) is 0 Å². The molecule has 2 fully saturated rings. The summed E-state index contributed by atoms with van der Waals surface area (Å²) < 4.78 is 5.90. The van der Waals surface area contributed by atoms with Crippen molar-refractivity contribution in [3.63, 3.8) is 0 Å². The van der Waals surface area contributed by atoms with Gasteiger partial charge in [0.15, 0.2) is 0 Å². The molecule has 5 unspecified atom stereocenters. The molecule has 3 heteroatoms. The minimum absolute atomic E-state index is 0.347. The highest BCUT2D eigenvalue weighted by atomic mass is 16.5. The zero-order valence-corrected chi connectivity index (χ0v) is 11.3. The number of nitrogens with one attached hydrogen (secondary N) is 1. The second-order valence-corrected chi connectivity index (χ2v) is 6.13. The van der Waals surface area contributed by atoms with Crippen molar-refractivity contribution in [2.24, 2.45) is 23.6 Å². The molecule has 0 amide bonds. The van der Waals surface area contributed by atoms with E-state index in [2.05, 4.69) is 19.3 Å². The Kier molecular flexibility index (Phi) is 4.83. The Morgan fingerprint density at radius 3 is 2.53 bits per heavy atom. The lowest BCUT2D eigenvalue weighted by Crippen LogP contribution is -2.52. The summed E-state index contributed by atoms with van der Waals surface area (Å²) in [7, 11) is 0. The molecule has 1 aliphatic heterocycles. The van der Waals surface area contributed by atoms with E-state index in [0.717, 1.165) is 18.4 Å². The zero-order chi connectivity index (χ0) is 12.3. The topological polar surface area (TPSA) is 47.3 Å². The van der Waals surface area contributed by atoms with Gasteiger partial charge in [0.25, 0.3) is 0 Å². The van der Waals surface area contributed by atoms with Gasteiger partial charge in [0.05, 0.1) is 12.1 Å². The van der Waals surface area contributed by atoms with Crippen molar-refractivity contribution < 1.29 is 4.74 Å². The van der Waals surface area contributed by atoms with Crippen LogP contribution in [0.25, 0.3) is 0 Å². The summed E-state index contributed by atoms with van der Waals surface area (Å²) in [5, 5.41) is 0. The van der Waals surface area contributed by atoms with Crippen LogP contribution in [0.2, 0.25) is 0 Å². The van der Waals surface area contributed by atoms with Crippen LogP contribution in [-0.4, -0.2) is 18.8 Å². The maximum Gasteiger partial charge on any atom is 0.0744 e. The van der Waals surface area contributed by atoms with Crippen LogP contribution < -0.4 is 11.3 Å². The molecule has 2 aliphatic rings. The molecule has 0 aromatic carbocycles. The summed E-state index contributed by atoms with van der Waals surface area (Å²) in [6.45, 7) is 5.68. The van der Waals surface area contributed by atoms with Crippen LogP contribution in [0, 0.1) is 17.8 Å². The maximum absolute atomic E-state index is 5.90. The van der Waals surface area contributed by atoms with Crippen molar-refractivity contribution >= 4 is 0 Å². The predicted octanol–water partition coefficient (Wildman–Crippen LogP) is 2.46. The first-order valence-corrected chi connectivity index (χ1v) is 7.30. The molecule has 1 aliphatic carbocycles. The fourth-order valence-corrected chi connectivity index (χ4v) is 3.51. The molecule has 0 spiro atoms. The summed E-state index contributed by atoms with van der Waals surface area (Å²) >= 11 is 0.